The largest absolute Gasteiger partial charge is 0.481 e. The summed E-state index contributed by atoms with van der Waals surface area (Å²) < 4.78 is 12.9. The summed E-state index contributed by atoms with van der Waals surface area (Å²) in [5.41, 5.74) is 3.32. The van der Waals surface area contributed by atoms with Gasteiger partial charge in [-0.1, -0.05) is 55.3 Å². The molecule has 0 radical (unpaired) electrons. The summed E-state index contributed by atoms with van der Waals surface area (Å²) in [5, 5.41) is 21.0. The van der Waals surface area contributed by atoms with Crippen LogP contribution >= 0.6 is 0 Å². The molecule has 2 aromatic rings. The zero-order valence-electron chi connectivity index (χ0n) is 21.8. The number of aliphatic carboxylic acids is 1. The Morgan fingerprint density at radius 2 is 1.68 bits per heavy atom. The fourth-order valence-corrected chi connectivity index (χ4v) is 5.27. The Labute approximate surface area is 224 Å². The Kier molecular flexibility index (Phi) is 10.1. The van der Waals surface area contributed by atoms with Crippen LogP contribution < -0.4 is 5.32 Å². The van der Waals surface area contributed by atoms with Crippen LogP contribution in [0.5, 0.6) is 0 Å². The zero-order valence-corrected chi connectivity index (χ0v) is 21.8. The van der Waals surface area contributed by atoms with E-state index in [1.165, 1.54) is 25.7 Å². The minimum Gasteiger partial charge on any atom is -0.481 e. The third-order valence-corrected chi connectivity index (χ3v) is 7.29. The standard InChI is InChI=1S/C30H38N2O6/c1-2-17-32(25-5-3-4-6-25)19-26-18-27(22-9-7-21(20-33)8-10-22)38-30(37-26)23-11-13-24(14-12-23)31-28(34)15-16-29(35)36/h2,7-14,25-27,30,33H,1,3-6,15-20H2,(H,31,34)(H,35,36)/t26-,27+,30+/m1/s1. The summed E-state index contributed by atoms with van der Waals surface area (Å²) in [6, 6.07) is 15.7. The number of anilines is 1. The smallest absolute Gasteiger partial charge is 0.303 e. The number of nitrogens with one attached hydrogen (secondary N) is 1. The Morgan fingerprint density at radius 1 is 1.00 bits per heavy atom. The van der Waals surface area contributed by atoms with Crippen LogP contribution in [0.2, 0.25) is 0 Å². The lowest BCUT2D eigenvalue weighted by Crippen LogP contribution is -2.43. The van der Waals surface area contributed by atoms with E-state index in [0.717, 1.165) is 29.8 Å². The molecule has 1 aliphatic heterocycles. The first-order valence-corrected chi connectivity index (χ1v) is 13.4. The Balaban J connectivity index is 1.49. The average molecular weight is 523 g/mol. The predicted molar refractivity (Wildman–Crippen MR) is 144 cm³/mol. The van der Waals surface area contributed by atoms with Crippen LogP contribution in [0.4, 0.5) is 5.69 Å². The van der Waals surface area contributed by atoms with Crippen LogP contribution in [0.15, 0.2) is 61.2 Å². The lowest BCUT2D eigenvalue weighted by atomic mass is 9.99. The topological polar surface area (TPSA) is 108 Å². The van der Waals surface area contributed by atoms with Crippen molar-refractivity contribution in [3.63, 3.8) is 0 Å². The minimum absolute atomic E-state index is 0.00272. The van der Waals surface area contributed by atoms with Gasteiger partial charge in [-0.25, -0.2) is 0 Å². The molecule has 2 aliphatic rings. The molecule has 38 heavy (non-hydrogen) atoms. The lowest BCUT2D eigenvalue weighted by molar-refractivity contribution is -0.253. The number of rotatable bonds is 12. The summed E-state index contributed by atoms with van der Waals surface area (Å²) in [7, 11) is 0. The highest BCUT2D eigenvalue weighted by Gasteiger charge is 2.34. The second-order valence-corrected chi connectivity index (χ2v) is 10.1. The third kappa shape index (κ3) is 7.74. The molecule has 1 heterocycles. The maximum absolute atomic E-state index is 12.0. The molecule has 8 nitrogen and oxygen atoms in total. The van der Waals surface area contributed by atoms with Crippen LogP contribution in [0, 0.1) is 0 Å². The van der Waals surface area contributed by atoms with E-state index in [0.29, 0.717) is 18.2 Å². The van der Waals surface area contributed by atoms with Crippen molar-refractivity contribution in [2.45, 2.75) is 76.1 Å². The lowest BCUT2D eigenvalue weighted by Gasteiger charge is -2.39. The van der Waals surface area contributed by atoms with Crippen molar-refractivity contribution in [1.82, 2.24) is 4.90 Å². The molecule has 1 amide bonds. The van der Waals surface area contributed by atoms with Crippen molar-refractivity contribution in [3.05, 3.63) is 77.9 Å². The highest BCUT2D eigenvalue weighted by atomic mass is 16.7. The first-order valence-electron chi connectivity index (χ1n) is 13.4. The maximum Gasteiger partial charge on any atom is 0.303 e. The van der Waals surface area contributed by atoms with E-state index in [4.69, 9.17) is 14.6 Å². The Bertz CT molecular complexity index is 1070. The number of carboxylic acid groups (broad SMARTS) is 1. The summed E-state index contributed by atoms with van der Waals surface area (Å²) >= 11 is 0. The van der Waals surface area contributed by atoms with E-state index in [2.05, 4.69) is 16.8 Å². The SMILES string of the molecule is C=CCN(C[C@H]1C[C@@H](c2ccc(CO)cc2)O[C@@H](c2ccc(NC(=O)CCC(=O)O)cc2)O1)C1CCCC1. The first-order chi connectivity index (χ1) is 18.4. The van der Waals surface area contributed by atoms with E-state index in [9.17, 15) is 14.7 Å². The summed E-state index contributed by atoms with van der Waals surface area (Å²) in [4.78, 5) is 25.2. The summed E-state index contributed by atoms with van der Waals surface area (Å²) in [6.45, 7) is 5.58. The van der Waals surface area contributed by atoms with Gasteiger partial charge in [0, 0.05) is 43.2 Å². The van der Waals surface area contributed by atoms with Crippen molar-refractivity contribution in [2.24, 2.45) is 0 Å². The predicted octanol–water partition coefficient (Wildman–Crippen LogP) is 4.96. The molecule has 0 aromatic heterocycles. The van der Waals surface area contributed by atoms with Gasteiger partial charge in [-0.15, -0.1) is 6.58 Å². The van der Waals surface area contributed by atoms with E-state index in [1.54, 1.807) is 12.1 Å². The number of nitrogens with zero attached hydrogens (tertiary/aromatic N) is 1. The second kappa shape index (κ2) is 13.7. The number of amides is 1. The van der Waals surface area contributed by atoms with Gasteiger partial charge < -0.3 is 25.0 Å². The average Bonchev–Trinajstić information content (AvgIpc) is 3.47. The summed E-state index contributed by atoms with van der Waals surface area (Å²) in [5.74, 6) is -1.34. The number of aliphatic hydroxyl groups excluding tert-OH is 1. The van der Waals surface area contributed by atoms with Crippen molar-refractivity contribution in [3.8, 4) is 0 Å². The van der Waals surface area contributed by atoms with Gasteiger partial charge in [0.15, 0.2) is 6.29 Å². The van der Waals surface area contributed by atoms with Crippen molar-refractivity contribution in [2.75, 3.05) is 18.4 Å². The number of ether oxygens (including phenoxy) is 2. The van der Waals surface area contributed by atoms with E-state index < -0.39 is 12.3 Å². The molecule has 2 fully saturated rings. The quantitative estimate of drug-likeness (QED) is 0.338. The van der Waals surface area contributed by atoms with Gasteiger partial charge in [-0.3, -0.25) is 14.5 Å². The van der Waals surface area contributed by atoms with Crippen molar-refractivity contribution < 1.29 is 29.3 Å². The van der Waals surface area contributed by atoms with Gasteiger partial charge in [0.25, 0.3) is 0 Å². The third-order valence-electron chi connectivity index (χ3n) is 7.29. The molecular formula is C30H38N2O6. The van der Waals surface area contributed by atoms with Gasteiger partial charge in [0.2, 0.25) is 5.91 Å². The number of benzene rings is 2. The molecule has 1 saturated carbocycles. The molecule has 3 atom stereocenters. The molecule has 0 bridgehead atoms. The van der Waals surface area contributed by atoms with Gasteiger partial charge in [-0.2, -0.15) is 0 Å². The normalized spacial score (nSPS) is 21.9. The number of hydrogen-bond acceptors (Lipinski definition) is 6. The van der Waals surface area contributed by atoms with E-state index >= 15 is 0 Å². The molecule has 4 rings (SSSR count). The second-order valence-electron chi connectivity index (χ2n) is 10.1. The van der Waals surface area contributed by atoms with Gasteiger partial charge in [0.1, 0.15) is 0 Å². The maximum atomic E-state index is 12.0. The van der Waals surface area contributed by atoms with Gasteiger partial charge in [0.05, 0.1) is 25.2 Å². The van der Waals surface area contributed by atoms with Crippen LogP contribution in [-0.2, 0) is 25.7 Å². The Hall–Kier alpha value is -3.04. The van der Waals surface area contributed by atoms with Crippen molar-refractivity contribution >= 4 is 17.6 Å². The Morgan fingerprint density at radius 3 is 2.32 bits per heavy atom. The molecule has 8 heteroatoms. The first kappa shape index (κ1) is 28.0. The van der Waals surface area contributed by atoms with Crippen molar-refractivity contribution in [1.29, 1.82) is 0 Å². The fraction of sp³-hybridized carbons (Fsp3) is 0.467. The molecule has 1 aliphatic carbocycles. The molecule has 204 valence electrons. The van der Waals surface area contributed by atoms with Gasteiger partial charge in [-0.05, 0) is 36.1 Å². The minimum atomic E-state index is -1.00. The van der Waals surface area contributed by atoms with Crippen LogP contribution in [0.3, 0.4) is 0 Å². The van der Waals surface area contributed by atoms with Crippen LogP contribution in [0.25, 0.3) is 0 Å². The fourth-order valence-electron chi connectivity index (χ4n) is 5.27. The zero-order chi connectivity index (χ0) is 26.9. The molecule has 1 saturated heterocycles. The molecule has 0 unspecified atom stereocenters. The number of hydrogen-bond donors (Lipinski definition) is 3. The number of carboxylic acids is 1. The number of carbonyl (C=O) groups excluding carboxylic acids is 1. The van der Waals surface area contributed by atoms with E-state index in [-0.39, 0.29) is 37.6 Å². The number of aliphatic hydroxyl groups is 1. The van der Waals surface area contributed by atoms with Crippen LogP contribution in [0.1, 0.15) is 74.0 Å². The molecule has 0 spiro atoms. The van der Waals surface area contributed by atoms with Gasteiger partial charge >= 0.3 is 5.97 Å². The highest BCUT2D eigenvalue weighted by molar-refractivity contribution is 5.92. The molecule has 3 N–H and O–H groups in total. The van der Waals surface area contributed by atoms with E-state index in [1.807, 2.05) is 42.5 Å². The van der Waals surface area contributed by atoms with Crippen LogP contribution in [-0.4, -0.2) is 52.2 Å². The monoisotopic (exact) mass is 522 g/mol. The number of carbonyl (C=O) groups is 2. The summed E-state index contributed by atoms with van der Waals surface area (Å²) in [6.07, 6.45) is 6.51. The highest BCUT2D eigenvalue weighted by Crippen LogP contribution is 2.39. The molecule has 2 aromatic carbocycles. The molecular weight excluding hydrogens is 484 g/mol.